The topological polar surface area (TPSA) is 9.23 Å². The summed E-state index contributed by atoms with van der Waals surface area (Å²) < 4.78 is 5.14. The predicted octanol–water partition coefficient (Wildman–Crippen LogP) is 1.80. The second kappa shape index (κ2) is 5.67. The van der Waals surface area contributed by atoms with Crippen LogP contribution >= 0.6 is 24.0 Å². The van der Waals surface area contributed by atoms with Crippen LogP contribution in [0.4, 0.5) is 0 Å². The van der Waals surface area contributed by atoms with Crippen LogP contribution in [0.25, 0.3) is 0 Å². The summed E-state index contributed by atoms with van der Waals surface area (Å²) in [7, 11) is 1.53. The van der Waals surface area contributed by atoms with E-state index < -0.39 is 0 Å². The molecule has 1 nitrogen and oxygen atoms in total. The number of allylic oxidation sites excluding steroid dienone is 1. The van der Waals surface area contributed by atoms with Crippen molar-refractivity contribution in [3.8, 4) is 12.3 Å². The molecule has 0 atom stereocenters. The minimum absolute atomic E-state index is 0.474. The Morgan fingerprint density at radius 3 is 3.00 bits per heavy atom. The largest absolute Gasteiger partial charge is 0.482 e. The molecule has 0 heterocycles. The van der Waals surface area contributed by atoms with Crippen molar-refractivity contribution < 1.29 is 4.74 Å². The monoisotopic (exact) mass is 158 g/mol. The predicted molar refractivity (Wildman–Crippen MR) is 45.2 cm³/mol. The number of hydrogen-bond acceptors (Lipinski definition) is 3. The average Bonchev–Trinajstić information content (AvgIpc) is 1.89. The van der Waals surface area contributed by atoms with Gasteiger partial charge in [-0.1, -0.05) is 5.92 Å². The lowest BCUT2D eigenvalue weighted by Gasteiger charge is -1.92. The molecule has 0 rings (SSSR count). The molecule has 0 bridgehead atoms. The van der Waals surface area contributed by atoms with E-state index in [9.17, 15) is 0 Å². The fourth-order valence-electron chi connectivity index (χ4n) is 0.177. The number of ether oxygens (including phenoxy) is 1. The molecular weight excluding hydrogens is 152 g/mol. The fraction of sp³-hybridized carbons (Fsp3) is 0.167. The molecule has 0 unspecified atom stereocenters. The van der Waals surface area contributed by atoms with E-state index in [0.717, 1.165) is 0 Å². The first-order valence-corrected chi connectivity index (χ1v) is 3.45. The van der Waals surface area contributed by atoms with Crippen LogP contribution in [0.2, 0.25) is 0 Å². The van der Waals surface area contributed by atoms with E-state index in [1.807, 2.05) is 0 Å². The third-order valence-corrected chi connectivity index (χ3v) is 1.58. The van der Waals surface area contributed by atoms with E-state index in [0.29, 0.717) is 4.38 Å². The van der Waals surface area contributed by atoms with Crippen LogP contribution in [0, 0.1) is 12.3 Å². The highest BCUT2D eigenvalue weighted by Crippen LogP contribution is 2.05. The average molecular weight is 158 g/mol. The van der Waals surface area contributed by atoms with E-state index in [4.69, 9.17) is 6.42 Å². The van der Waals surface area contributed by atoms with Gasteiger partial charge < -0.3 is 4.74 Å². The standard InChI is InChI=1S/C6H6OS2/c1-3-4-5-9-6(8)7-2/h1,4-5H,2H3. The molecule has 0 aromatic heterocycles. The van der Waals surface area contributed by atoms with Crippen LogP contribution in [0.5, 0.6) is 0 Å². The molecule has 0 amide bonds. The van der Waals surface area contributed by atoms with Gasteiger partial charge in [-0.05, 0) is 35.5 Å². The highest BCUT2D eigenvalue weighted by molar-refractivity contribution is 8.24. The van der Waals surface area contributed by atoms with Gasteiger partial charge >= 0.3 is 0 Å². The number of terminal acetylenes is 1. The number of thioether (sulfide) groups is 1. The first-order chi connectivity index (χ1) is 4.31. The van der Waals surface area contributed by atoms with Crippen LogP contribution in [0.15, 0.2) is 11.5 Å². The molecule has 0 radical (unpaired) electrons. The lowest BCUT2D eigenvalue weighted by Crippen LogP contribution is -1.85. The molecule has 0 saturated heterocycles. The molecule has 0 saturated carbocycles. The van der Waals surface area contributed by atoms with Gasteiger partial charge in [0.05, 0.1) is 7.11 Å². The van der Waals surface area contributed by atoms with Crippen molar-refractivity contribution >= 4 is 28.4 Å². The molecule has 0 aliphatic heterocycles. The molecular formula is C6H6OS2. The summed E-state index contributed by atoms with van der Waals surface area (Å²) in [5.74, 6) is 2.33. The van der Waals surface area contributed by atoms with Crippen LogP contribution in [-0.4, -0.2) is 11.5 Å². The number of thiocarbonyl (C=S) groups is 1. The lowest BCUT2D eigenvalue weighted by atomic mass is 10.7. The molecule has 0 aliphatic rings. The van der Waals surface area contributed by atoms with Gasteiger partial charge in [-0.15, -0.1) is 6.42 Å². The summed E-state index contributed by atoms with van der Waals surface area (Å²) in [6, 6.07) is 0. The Labute approximate surface area is 64.5 Å². The van der Waals surface area contributed by atoms with Gasteiger partial charge in [-0.2, -0.15) is 0 Å². The molecule has 0 aliphatic carbocycles. The quantitative estimate of drug-likeness (QED) is 0.425. The summed E-state index contributed by atoms with van der Waals surface area (Å²) in [5, 5.41) is 1.70. The molecule has 0 aromatic carbocycles. The van der Waals surface area contributed by atoms with Crippen molar-refractivity contribution in [2.75, 3.05) is 7.11 Å². The Kier molecular flexibility index (Phi) is 5.38. The molecule has 48 valence electrons. The van der Waals surface area contributed by atoms with Gasteiger partial charge in [0, 0.05) is 0 Å². The van der Waals surface area contributed by atoms with Crippen molar-refractivity contribution in [1.82, 2.24) is 0 Å². The molecule has 0 spiro atoms. The molecule has 0 N–H and O–H groups in total. The third-order valence-electron chi connectivity index (χ3n) is 0.495. The summed E-state index contributed by atoms with van der Waals surface area (Å²) in [6.07, 6.45) is 6.49. The Hall–Kier alpha value is -0.460. The van der Waals surface area contributed by atoms with Crippen LogP contribution < -0.4 is 0 Å². The Bertz CT molecular complexity index is 155. The van der Waals surface area contributed by atoms with Gasteiger partial charge in [-0.3, -0.25) is 0 Å². The Morgan fingerprint density at radius 2 is 2.56 bits per heavy atom. The number of methoxy groups -OCH3 is 1. The van der Waals surface area contributed by atoms with Crippen molar-refractivity contribution in [2.24, 2.45) is 0 Å². The van der Waals surface area contributed by atoms with E-state index in [1.54, 1.807) is 11.5 Å². The SMILES string of the molecule is C#CC=CSC(=S)OC. The second-order valence-electron chi connectivity index (χ2n) is 1.04. The maximum Gasteiger partial charge on any atom is 0.224 e. The van der Waals surface area contributed by atoms with Crippen LogP contribution in [-0.2, 0) is 4.74 Å². The maximum atomic E-state index is 4.92. The lowest BCUT2D eigenvalue weighted by molar-refractivity contribution is 0.426. The summed E-state index contributed by atoms with van der Waals surface area (Å²) in [6.45, 7) is 0. The second-order valence-corrected chi connectivity index (χ2v) is 2.55. The van der Waals surface area contributed by atoms with E-state index in [2.05, 4.69) is 22.9 Å². The van der Waals surface area contributed by atoms with Gasteiger partial charge in [0.25, 0.3) is 0 Å². The molecule has 0 aromatic rings. The molecule has 0 fully saturated rings. The maximum absolute atomic E-state index is 4.92. The van der Waals surface area contributed by atoms with Crippen molar-refractivity contribution in [2.45, 2.75) is 0 Å². The number of hydrogen-bond donors (Lipinski definition) is 0. The van der Waals surface area contributed by atoms with Gasteiger partial charge in [-0.25, -0.2) is 0 Å². The highest BCUT2D eigenvalue weighted by atomic mass is 32.2. The van der Waals surface area contributed by atoms with Crippen molar-refractivity contribution in [3.05, 3.63) is 11.5 Å². The summed E-state index contributed by atoms with van der Waals surface area (Å²) in [4.78, 5) is 0. The third kappa shape index (κ3) is 5.41. The minimum atomic E-state index is 0.474. The Balaban J connectivity index is 3.41. The minimum Gasteiger partial charge on any atom is -0.482 e. The molecule has 9 heavy (non-hydrogen) atoms. The van der Waals surface area contributed by atoms with Crippen molar-refractivity contribution in [1.29, 1.82) is 0 Å². The first-order valence-electron chi connectivity index (χ1n) is 2.17. The van der Waals surface area contributed by atoms with E-state index in [-0.39, 0.29) is 0 Å². The normalized spacial score (nSPS) is 8.89. The zero-order chi connectivity index (χ0) is 7.11. The zero-order valence-electron chi connectivity index (χ0n) is 4.96. The first kappa shape index (κ1) is 8.54. The summed E-state index contributed by atoms with van der Waals surface area (Å²) in [5.41, 5.74) is 0. The van der Waals surface area contributed by atoms with E-state index in [1.165, 1.54) is 18.9 Å². The van der Waals surface area contributed by atoms with E-state index >= 15 is 0 Å². The number of rotatable bonds is 1. The smallest absolute Gasteiger partial charge is 0.224 e. The molecule has 3 heteroatoms. The fourth-order valence-corrected chi connectivity index (χ4v) is 0.698. The van der Waals surface area contributed by atoms with Gasteiger partial charge in [0.15, 0.2) is 0 Å². The van der Waals surface area contributed by atoms with Crippen molar-refractivity contribution in [3.63, 3.8) is 0 Å². The van der Waals surface area contributed by atoms with Crippen LogP contribution in [0.1, 0.15) is 0 Å². The highest BCUT2D eigenvalue weighted by Gasteiger charge is 1.86. The zero-order valence-corrected chi connectivity index (χ0v) is 6.59. The van der Waals surface area contributed by atoms with Gasteiger partial charge in [0.1, 0.15) is 0 Å². The van der Waals surface area contributed by atoms with Gasteiger partial charge in [0.2, 0.25) is 4.38 Å². The summed E-state index contributed by atoms with van der Waals surface area (Å²) >= 11 is 5.98. The Morgan fingerprint density at radius 1 is 1.89 bits per heavy atom. The van der Waals surface area contributed by atoms with Crippen LogP contribution in [0.3, 0.4) is 0 Å².